The molecule has 0 heterocycles. The van der Waals surface area contributed by atoms with Gasteiger partial charge in [-0.15, -0.1) is 0 Å². The standard InChI is InChI=1S/C24H25ClN2O4S/c1-16-5-9-20(10-6-16)32(29,30)27(22-11-8-19(25)14-18(22)3)15-24(28)26-21-13-17(2)7-12-23(21)31-4/h5-14H,15H2,1-4H3,(H,26,28). The highest BCUT2D eigenvalue weighted by Gasteiger charge is 2.28. The van der Waals surface area contributed by atoms with Crippen molar-refractivity contribution in [3.05, 3.63) is 82.4 Å². The second kappa shape index (κ2) is 9.63. The van der Waals surface area contributed by atoms with Gasteiger partial charge < -0.3 is 10.1 Å². The summed E-state index contributed by atoms with van der Waals surface area (Å²) in [5.74, 6) is -0.0153. The first kappa shape index (κ1) is 23.6. The number of methoxy groups -OCH3 is 1. The highest BCUT2D eigenvalue weighted by Crippen LogP contribution is 2.30. The van der Waals surface area contributed by atoms with Crippen molar-refractivity contribution in [1.82, 2.24) is 0 Å². The predicted molar refractivity (Wildman–Crippen MR) is 128 cm³/mol. The molecular formula is C24H25ClN2O4S. The van der Waals surface area contributed by atoms with Crippen LogP contribution in [0.4, 0.5) is 11.4 Å². The third-order valence-electron chi connectivity index (χ3n) is 4.95. The van der Waals surface area contributed by atoms with Gasteiger partial charge in [-0.05, 0) is 74.4 Å². The maximum atomic E-state index is 13.5. The van der Waals surface area contributed by atoms with E-state index in [1.54, 1.807) is 49.4 Å². The number of hydrogen-bond donors (Lipinski definition) is 1. The van der Waals surface area contributed by atoms with Crippen LogP contribution in [0.5, 0.6) is 5.75 Å². The molecule has 0 fully saturated rings. The molecule has 0 spiro atoms. The summed E-state index contributed by atoms with van der Waals surface area (Å²) in [7, 11) is -2.51. The Labute approximate surface area is 193 Å². The molecular weight excluding hydrogens is 448 g/mol. The second-order valence-electron chi connectivity index (χ2n) is 7.51. The molecule has 6 nitrogen and oxygen atoms in total. The highest BCUT2D eigenvalue weighted by atomic mass is 35.5. The van der Waals surface area contributed by atoms with Crippen LogP contribution >= 0.6 is 11.6 Å². The number of hydrogen-bond acceptors (Lipinski definition) is 4. The molecule has 1 amide bonds. The molecule has 0 saturated heterocycles. The first-order valence-electron chi connectivity index (χ1n) is 9.92. The smallest absolute Gasteiger partial charge is 0.264 e. The van der Waals surface area contributed by atoms with Crippen LogP contribution in [0.3, 0.4) is 0 Å². The molecule has 3 aromatic rings. The highest BCUT2D eigenvalue weighted by molar-refractivity contribution is 7.92. The number of benzene rings is 3. The Morgan fingerprint density at radius 2 is 1.62 bits per heavy atom. The summed E-state index contributed by atoms with van der Waals surface area (Å²) >= 11 is 6.07. The van der Waals surface area contributed by atoms with E-state index in [9.17, 15) is 13.2 Å². The van der Waals surface area contributed by atoms with Gasteiger partial charge in [0.25, 0.3) is 10.0 Å². The quantitative estimate of drug-likeness (QED) is 0.518. The number of nitrogens with one attached hydrogen (secondary N) is 1. The van der Waals surface area contributed by atoms with Crippen molar-refractivity contribution in [2.45, 2.75) is 25.7 Å². The number of sulfonamides is 1. The van der Waals surface area contributed by atoms with E-state index >= 15 is 0 Å². The molecule has 0 aliphatic carbocycles. The molecule has 1 N–H and O–H groups in total. The second-order valence-corrected chi connectivity index (χ2v) is 9.81. The van der Waals surface area contributed by atoms with Crippen molar-refractivity contribution in [2.24, 2.45) is 0 Å². The Bertz CT molecular complexity index is 1240. The van der Waals surface area contributed by atoms with Crippen molar-refractivity contribution < 1.29 is 17.9 Å². The number of aryl methyl sites for hydroxylation is 3. The molecule has 0 radical (unpaired) electrons. The van der Waals surface area contributed by atoms with Gasteiger partial charge in [-0.3, -0.25) is 9.10 Å². The Morgan fingerprint density at radius 3 is 2.25 bits per heavy atom. The van der Waals surface area contributed by atoms with Gasteiger partial charge in [0.1, 0.15) is 12.3 Å². The van der Waals surface area contributed by atoms with E-state index in [-0.39, 0.29) is 4.90 Å². The molecule has 0 unspecified atom stereocenters. The Kier molecular flexibility index (Phi) is 7.11. The van der Waals surface area contributed by atoms with Crippen molar-refractivity contribution >= 4 is 38.9 Å². The van der Waals surface area contributed by atoms with E-state index in [1.165, 1.54) is 19.2 Å². The summed E-state index contributed by atoms with van der Waals surface area (Å²) in [6, 6.07) is 16.7. The summed E-state index contributed by atoms with van der Waals surface area (Å²) in [4.78, 5) is 13.1. The zero-order chi connectivity index (χ0) is 23.5. The van der Waals surface area contributed by atoms with Crippen LogP contribution in [0.25, 0.3) is 0 Å². The van der Waals surface area contributed by atoms with E-state index in [4.69, 9.17) is 16.3 Å². The topological polar surface area (TPSA) is 75.7 Å². The van der Waals surface area contributed by atoms with Crippen LogP contribution in [0.1, 0.15) is 16.7 Å². The number of carbonyl (C=O) groups excluding carboxylic acids is 1. The van der Waals surface area contributed by atoms with Crippen molar-refractivity contribution in [2.75, 3.05) is 23.3 Å². The Hall–Kier alpha value is -3.03. The van der Waals surface area contributed by atoms with Crippen LogP contribution in [0.2, 0.25) is 5.02 Å². The van der Waals surface area contributed by atoms with Crippen LogP contribution in [-0.4, -0.2) is 28.0 Å². The van der Waals surface area contributed by atoms with Gasteiger partial charge in [0.05, 0.1) is 23.4 Å². The average Bonchev–Trinajstić information content (AvgIpc) is 2.73. The lowest BCUT2D eigenvalue weighted by Crippen LogP contribution is -2.38. The Morgan fingerprint density at radius 1 is 0.969 bits per heavy atom. The molecule has 0 saturated carbocycles. The number of rotatable bonds is 7. The minimum absolute atomic E-state index is 0.0957. The van der Waals surface area contributed by atoms with Gasteiger partial charge >= 0.3 is 0 Å². The minimum Gasteiger partial charge on any atom is -0.495 e. The molecule has 3 aromatic carbocycles. The summed E-state index contributed by atoms with van der Waals surface area (Å²) in [6.07, 6.45) is 0. The van der Waals surface area contributed by atoms with Crippen molar-refractivity contribution in [3.63, 3.8) is 0 Å². The lowest BCUT2D eigenvalue weighted by Gasteiger charge is -2.26. The van der Waals surface area contributed by atoms with Gasteiger partial charge in [-0.2, -0.15) is 0 Å². The SMILES string of the molecule is COc1ccc(C)cc1NC(=O)CN(c1ccc(Cl)cc1C)S(=O)(=O)c1ccc(C)cc1. The minimum atomic E-state index is -4.02. The fraction of sp³-hybridized carbons (Fsp3) is 0.208. The van der Waals surface area contributed by atoms with Crippen molar-refractivity contribution in [3.8, 4) is 5.75 Å². The molecule has 8 heteroatoms. The van der Waals surface area contributed by atoms with Gasteiger partial charge in [-0.25, -0.2) is 8.42 Å². The number of amides is 1. The maximum Gasteiger partial charge on any atom is 0.264 e. The number of halogens is 1. The average molecular weight is 473 g/mol. The lowest BCUT2D eigenvalue weighted by molar-refractivity contribution is -0.114. The zero-order valence-corrected chi connectivity index (χ0v) is 19.9. The molecule has 0 bridgehead atoms. The molecule has 168 valence electrons. The number of anilines is 2. The van der Waals surface area contributed by atoms with E-state index in [1.807, 2.05) is 19.9 Å². The number of ether oxygens (including phenoxy) is 1. The fourth-order valence-corrected chi connectivity index (χ4v) is 4.99. The maximum absolute atomic E-state index is 13.5. The summed E-state index contributed by atoms with van der Waals surface area (Å²) in [6.45, 7) is 5.09. The van der Waals surface area contributed by atoms with Gasteiger partial charge in [-0.1, -0.05) is 35.4 Å². The fourth-order valence-electron chi connectivity index (χ4n) is 3.28. The normalized spacial score (nSPS) is 11.2. The molecule has 0 aliphatic heterocycles. The summed E-state index contributed by atoms with van der Waals surface area (Å²) in [5, 5.41) is 3.25. The van der Waals surface area contributed by atoms with Gasteiger partial charge in [0.15, 0.2) is 0 Å². The molecule has 32 heavy (non-hydrogen) atoms. The summed E-state index contributed by atoms with van der Waals surface area (Å²) in [5.41, 5.74) is 3.34. The van der Waals surface area contributed by atoms with Crippen LogP contribution < -0.4 is 14.4 Å². The third-order valence-corrected chi connectivity index (χ3v) is 6.96. The zero-order valence-electron chi connectivity index (χ0n) is 18.3. The van der Waals surface area contributed by atoms with Crippen LogP contribution in [-0.2, 0) is 14.8 Å². The largest absolute Gasteiger partial charge is 0.495 e. The van der Waals surface area contributed by atoms with Gasteiger partial charge in [0.2, 0.25) is 5.91 Å². The lowest BCUT2D eigenvalue weighted by atomic mass is 10.2. The first-order chi connectivity index (χ1) is 15.1. The number of nitrogens with zero attached hydrogens (tertiary/aromatic N) is 1. The van der Waals surface area contributed by atoms with E-state index in [0.717, 1.165) is 15.4 Å². The number of carbonyl (C=O) groups is 1. The molecule has 0 aliphatic rings. The third kappa shape index (κ3) is 5.23. The van der Waals surface area contributed by atoms with E-state index in [0.29, 0.717) is 27.7 Å². The monoisotopic (exact) mass is 472 g/mol. The van der Waals surface area contributed by atoms with E-state index < -0.39 is 22.5 Å². The molecule has 0 atom stereocenters. The van der Waals surface area contributed by atoms with Gasteiger partial charge in [0, 0.05) is 5.02 Å². The Balaban J connectivity index is 2.00. The van der Waals surface area contributed by atoms with Crippen LogP contribution in [0, 0.1) is 20.8 Å². The van der Waals surface area contributed by atoms with Crippen LogP contribution in [0.15, 0.2) is 65.6 Å². The van der Waals surface area contributed by atoms with E-state index in [2.05, 4.69) is 5.32 Å². The predicted octanol–water partition coefficient (Wildman–Crippen LogP) is 5.11. The first-order valence-corrected chi connectivity index (χ1v) is 11.7. The summed E-state index contributed by atoms with van der Waals surface area (Å²) < 4.78 is 33.5. The molecule has 0 aromatic heterocycles. The molecule has 3 rings (SSSR count). The van der Waals surface area contributed by atoms with Crippen molar-refractivity contribution in [1.29, 1.82) is 0 Å².